The van der Waals surface area contributed by atoms with E-state index < -0.39 is 71.2 Å². The maximum atomic E-state index is 13.3. The van der Waals surface area contributed by atoms with E-state index >= 15 is 0 Å². The molecule has 8 N–H and O–H groups in total. The molecule has 32 nitrogen and oxygen atoms in total. The number of carbonyl (C=O) groups is 7. The van der Waals surface area contributed by atoms with Gasteiger partial charge in [0.15, 0.2) is 6.04 Å². The number of hydrogen-bond acceptors (Lipinski definition) is 26. The highest BCUT2D eigenvalue weighted by Crippen LogP contribution is 2.30. The van der Waals surface area contributed by atoms with E-state index in [0.717, 1.165) is 44.6 Å². The van der Waals surface area contributed by atoms with E-state index in [-0.39, 0.29) is 25.6 Å². The SMILES string of the molecule is CNc1nccc(-c2cc3cc(C(=O)NC(CN(c4ccccc4)c4ncccn4)C(=O)OC)ccc3[nH]2)n1.CNc1nccc(-c2cc3cc(C(=O)NC(CN(c4ccccc4)c4ncccn4)C(N)=O)ccc3[nH]2)n1.COC(=O)C(CN(c1ccccc1)c1ncccn1)N(C(=O)OC(C)(C)C)C(=O)OC(C)(C)C. The number of ether oxygens (including phenoxy) is 4. The van der Waals surface area contributed by atoms with Crippen molar-refractivity contribution in [3.63, 3.8) is 0 Å². The molecule has 12 rings (SSSR count). The molecule has 111 heavy (non-hydrogen) atoms. The van der Waals surface area contributed by atoms with Crippen LogP contribution in [0.15, 0.2) is 219 Å². The van der Waals surface area contributed by atoms with Crippen molar-refractivity contribution < 1.29 is 52.5 Å². The third-order valence-electron chi connectivity index (χ3n) is 16.2. The minimum absolute atomic E-state index is 0.0488. The minimum atomic E-state index is -1.43. The number of aromatic nitrogens is 12. The molecule has 32 heteroatoms. The second-order valence-electron chi connectivity index (χ2n) is 26.3. The molecule has 0 aliphatic rings. The molecule has 0 radical (unpaired) electrons. The lowest BCUT2D eigenvalue weighted by molar-refractivity contribution is -0.146. The molecule has 0 spiro atoms. The molecule has 0 saturated carbocycles. The third-order valence-corrected chi connectivity index (χ3v) is 16.2. The Bertz CT molecular complexity index is 4990. The average Bonchev–Trinajstić information content (AvgIpc) is 1.74. The summed E-state index contributed by atoms with van der Waals surface area (Å²) in [7, 11) is 5.96. The second-order valence-corrected chi connectivity index (χ2v) is 26.3. The van der Waals surface area contributed by atoms with Crippen LogP contribution in [0.1, 0.15) is 62.3 Å². The van der Waals surface area contributed by atoms with Gasteiger partial charge in [-0.2, -0.15) is 4.90 Å². The van der Waals surface area contributed by atoms with Gasteiger partial charge in [0.2, 0.25) is 35.6 Å². The van der Waals surface area contributed by atoms with E-state index in [1.54, 1.807) is 205 Å². The molecule has 7 heterocycles. The topological polar surface area (TPSA) is 404 Å². The number of H-pyrrole nitrogens is 2. The van der Waals surface area contributed by atoms with E-state index in [0.29, 0.717) is 56.9 Å². The van der Waals surface area contributed by atoms with Gasteiger partial charge in [-0.15, -0.1) is 0 Å². The Balaban J connectivity index is 0.000000178. The van der Waals surface area contributed by atoms with E-state index in [2.05, 4.69) is 81.1 Å². The molecule has 570 valence electrons. The molecule has 5 aromatic carbocycles. The lowest BCUT2D eigenvalue weighted by atomic mass is 10.1. The Labute approximate surface area is 638 Å². The molecule has 5 amide bonds. The molecule has 0 fully saturated rings. The van der Waals surface area contributed by atoms with Gasteiger partial charge in [0.25, 0.3) is 11.8 Å². The van der Waals surface area contributed by atoms with Gasteiger partial charge in [0.1, 0.15) is 23.3 Å². The van der Waals surface area contributed by atoms with E-state index in [1.807, 2.05) is 84.9 Å². The summed E-state index contributed by atoms with van der Waals surface area (Å²) in [6.07, 6.45) is 10.8. The Morgan fingerprint density at radius 1 is 0.432 bits per heavy atom. The van der Waals surface area contributed by atoms with Crippen LogP contribution in [0.5, 0.6) is 0 Å². The van der Waals surface area contributed by atoms with Crippen molar-refractivity contribution in [3.05, 3.63) is 231 Å². The molecule has 12 aromatic rings. The molecule has 0 saturated heterocycles. The fourth-order valence-electron chi connectivity index (χ4n) is 11.0. The van der Waals surface area contributed by atoms with Crippen LogP contribution in [0.3, 0.4) is 0 Å². The van der Waals surface area contributed by atoms with Crippen LogP contribution in [0, 0.1) is 0 Å². The number of hydrogen-bond donors (Lipinski definition) is 7. The van der Waals surface area contributed by atoms with Crippen molar-refractivity contribution in [2.24, 2.45) is 5.73 Å². The van der Waals surface area contributed by atoms with Crippen LogP contribution >= 0.6 is 0 Å². The molecular formula is C79H83N21O11. The first kappa shape index (κ1) is 79.2. The molecule has 3 atom stereocenters. The van der Waals surface area contributed by atoms with E-state index in [4.69, 9.17) is 24.7 Å². The van der Waals surface area contributed by atoms with Gasteiger partial charge in [0.05, 0.1) is 56.6 Å². The zero-order chi connectivity index (χ0) is 79.2. The third kappa shape index (κ3) is 21.5. The number of amides is 5. The standard InChI is InChI=1S/C28H26N8O3.C27H25N9O2.C24H32N4O6/c1-29-27-30-14-11-22(35-27)23-16-19-15-18(9-10-21(19)33-23)25(37)34-24(26(38)39-2)17-36(20-7-4-3-5-8-20)28-31-12-6-13-32-28;1-29-26-30-13-10-21(35-26)22-15-18-14-17(8-9-20(18)33-22)25(38)34-23(24(28)37)16-36(19-6-3-2-4-7-19)27-31-11-5-12-32-27;1-23(2,3)33-21(30)28(22(31)34-24(4,5)6)18(19(29)32-7)16-27(17-12-9-8-10-13-17)20-25-14-11-15-26-20/h3-16,24,33H,17H2,1-2H3,(H,34,37)(H,29,30,35);2-15,23,33H,16H2,1H3,(H2,28,37)(H,34,38)(H,29,30,35);8-15,18H,16H2,1-7H3. The number of fused-ring (bicyclic) bond motifs is 2. The maximum absolute atomic E-state index is 13.3. The largest absolute Gasteiger partial charge is 0.467 e. The summed E-state index contributed by atoms with van der Waals surface area (Å²) < 4.78 is 20.8. The molecule has 3 unspecified atom stereocenters. The van der Waals surface area contributed by atoms with E-state index in [1.165, 1.54) is 14.2 Å². The number of benzene rings is 5. The lowest BCUT2D eigenvalue weighted by Crippen LogP contribution is -2.56. The summed E-state index contributed by atoms with van der Waals surface area (Å²) in [5.74, 6) is -0.916. The summed E-state index contributed by atoms with van der Waals surface area (Å²) in [6.45, 7) is 9.81. The van der Waals surface area contributed by atoms with Crippen molar-refractivity contribution >= 4 is 110 Å². The Morgan fingerprint density at radius 3 is 1.14 bits per heavy atom. The van der Waals surface area contributed by atoms with Crippen molar-refractivity contribution in [1.29, 1.82) is 0 Å². The second kappa shape index (κ2) is 36.8. The zero-order valence-electron chi connectivity index (χ0n) is 62.5. The first-order chi connectivity index (χ1) is 53.4. The number of primary amides is 1. The Morgan fingerprint density at radius 2 is 0.793 bits per heavy atom. The first-order valence-corrected chi connectivity index (χ1v) is 34.8. The van der Waals surface area contributed by atoms with Gasteiger partial charge in [-0.3, -0.25) is 14.4 Å². The van der Waals surface area contributed by atoms with Crippen LogP contribution in [-0.4, -0.2) is 184 Å². The average molecular weight is 1500 g/mol. The minimum Gasteiger partial charge on any atom is -0.467 e. The predicted molar refractivity (Wildman–Crippen MR) is 418 cm³/mol. The molecule has 0 bridgehead atoms. The fourth-order valence-corrected chi connectivity index (χ4v) is 11.0. The summed E-state index contributed by atoms with van der Waals surface area (Å²) in [5, 5.41) is 13.1. The number of imide groups is 1. The van der Waals surface area contributed by atoms with E-state index in [9.17, 15) is 33.6 Å². The van der Waals surface area contributed by atoms with Gasteiger partial charge >= 0.3 is 24.1 Å². The van der Waals surface area contributed by atoms with Crippen molar-refractivity contribution in [1.82, 2.24) is 75.3 Å². The summed E-state index contributed by atoms with van der Waals surface area (Å²) >= 11 is 0. The van der Waals surface area contributed by atoms with Crippen LogP contribution in [0.4, 0.5) is 56.4 Å². The number of aromatic amines is 2. The summed E-state index contributed by atoms with van der Waals surface area (Å²) in [5.41, 5.74) is 11.5. The summed E-state index contributed by atoms with van der Waals surface area (Å²) in [4.78, 5) is 146. The Hall–Kier alpha value is -14.3. The number of anilines is 8. The molecule has 0 aliphatic carbocycles. The zero-order valence-corrected chi connectivity index (χ0v) is 62.5. The number of esters is 2. The van der Waals surface area contributed by atoms with Crippen LogP contribution < -0.4 is 41.7 Å². The maximum Gasteiger partial charge on any atom is 0.420 e. The van der Waals surface area contributed by atoms with Crippen LogP contribution in [0.2, 0.25) is 0 Å². The summed E-state index contributed by atoms with van der Waals surface area (Å²) in [6, 6.07) is 47.3. The number of nitrogens with one attached hydrogen (secondary N) is 6. The van der Waals surface area contributed by atoms with Crippen molar-refractivity contribution in [2.75, 3.05) is 73.3 Å². The highest BCUT2D eigenvalue weighted by molar-refractivity contribution is 6.02. The number of nitrogens with two attached hydrogens (primary N) is 1. The first-order valence-electron chi connectivity index (χ1n) is 34.8. The van der Waals surface area contributed by atoms with Crippen molar-refractivity contribution in [2.45, 2.75) is 70.9 Å². The molecular weight excluding hydrogens is 1420 g/mol. The number of carbonyl (C=O) groups excluding carboxylic acids is 7. The lowest BCUT2D eigenvalue weighted by Gasteiger charge is -2.34. The normalized spacial score (nSPS) is 11.8. The fraction of sp³-hybridized carbons (Fsp3) is 0.228. The highest BCUT2D eigenvalue weighted by Gasteiger charge is 2.43. The number of rotatable bonds is 24. The highest BCUT2D eigenvalue weighted by atomic mass is 16.6. The number of methoxy groups -OCH3 is 2. The number of para-hydroxylation sites is 3. The van der Waals surface area contributed by atoms with Crippen molar-refractivity contribution in [3.8, 4) is 22.8 Å². The van der Waals surface area contributed by atoms with Gasteiger partial charge in [-0.1, -0.05) is 54.6 Å². The van der Waals surface area contributed by atoms with Gasteiger partial charge in [-0.05, 0) is 157 Å². The van der Waals surface area contributed by atoms with Crippen LogP contribution in [0.25, 0.3) is 44.6 Å². The van der Waals surface area contributed by atoms with Gasteiger partial charge < -0.3 is 70.6 Å². The predicted octanol–water partition coefficient (Wildman–Crippen LogP) is 10.8. The van der Waals surface area contributed by atoms with Crippen LogP contribution in [-0.2, 0) is 33.3 Å². The quantitative estimate of drug-likeness (QED) is 0.0218. The van der Waals surface area contributed by atoms with Gasteiger partial charge in [0, 0.05) is 114 Å². The molecule has 7 aromatic heterocycles. The molecule has 0 aliphatic heterocycles. The Kier molecular flexibility index (Phi) is 26.3. The number of nitrogens with zero attached hydrogens (tertiary/aromatic N) is 14. The monoisotopic (exact) mass is 1500 g/mol. The van der Waals surface area contributed by atoms with Gasteiger partial charge in [-0.25, -0.2) is 69.0 Å². The smallest absolute Gasteiger partial charge is 0.420 e.